The van der Waals surface area contributed by atoms with Gasteiger partial charge in [-0.3, -0.25) is 5.32 Å². The molecule has 1 fully saturated rings. The highest BCUT2D eigenvalue weighted by Gasteiger charge is 2.27. The summed E-state index contributed by atoms with van der Waals surface area (Å²) in [6.45, 7) is 4.69. The van der Waals surface area contributed by atoms with Crippen molar-refractivity contribution in [3.05, 3.63) is 17.7 Å². The van der Waals surface area contributed by atoms with Gasteiger partial charge in [-0.15, -0.1) is 0 Å². The van der Waals surface area contributed by atoms with Crippen molar-refractivity contribution < 1.29 is 23.6 Å². The molecule has 2 aromatic rings. The monoisotopic (exact) mass is 459 g/mol. The zero-order valence-corrected chi connectivity index (χ0v) is 19.0. The maximum atomic E-state index is 12.7. The quantitative estimate of drug-likeness (QED) is 0.517. The molecule has 0 spiro atoms. The lowest BCUT2D eigenvalue weighted by molar-refractivity contribution is -0.447. The number of thiazole rings is 1. The SMILES string of the molecule is CCNC(=O)Nc1nc2cc(C3=CC=[N+](CCOC)C(=O)C3)c(N[C@H]3CCOC3)nc2s1. The summed E-state index contributed by atoms with van der Waals surface area (Å²) in [5, 5.41) is 9.37. The second-order valence-electron chi connectivity index (χ2n) is 7.51. The number of anilines is 2. The molecule has 0 bridgehead atoms. The molecular weight excluding hydrogens is 432 g/mol. The first-order valence-electron chi connectivity index (χ1n) is 10.6. The number of fused-ring (bicyclic) bond motifs is 1. The lowest BCUT2D eigenvalue weighted by atomic mass is 10.00. The molecule has 1 saturated heterocycles. The number of aromatic nitrogens is 2. The molecule has 10 nitrogen and oxygen atoms in total. The van der Waals surface area contributed by atoms with E-state index in [2.05, 4.69) is 20.9 Å². The number of hydrogen-bond acceptors (Lipinski definition) is 8. The van der Waals surface area contributed by atoms with Gasteiger partial charge in [0.25, 0.3) is 0 Å². The number of methoxy groups -OCH3 is 1. The lowest BCUT2D eigenvalue weighted by Gasteiger charge is -2.17. The minimum Gasteiger partial charge on any atom is -0.379 e. The number of pyridine rings is 1. The molecule has 2 aliphatic heterocycles. The Balaban J connectivity index is 1.68. The van der Waals surface area contributed by atoms with Crippen LogP contribution in [0.15, 0.2) is 12.1 Å². The first kappa shape index (κ1) is 22.3. The Morgan fingerprint density at radius 2 is 2.28 bits per heavy atom. The molecule has 0 unspecified atom stereocenters. The Hall–Kier alpha value is -2.89. The van der Waals surface area contributed by atoms with E-state index in [9.17, 15) is 9.59 Å². The molecule has 0 aromatic carbocycles. The number of carbonyl (C=O) groups excluding carboxylic acids is 2. The fourth-order valence-corrected chi connectivity index (χ4v) is 4.39. The smallest absolute Gasteiger partial charge is 0.379 e. The van der Waals surface area contributed by atoms with E-state index in [0.29, 0.717) is 54.2 Å². The Labute approximate surface area is 189 Å². The van der Waals surface area contributed by atoms with Gasteiger partial charge >= 0.3 is 11.9 Å². The molecule has 0 saturated carbocycles. The van der Waals surface area contributed by atoms with Crippen LogP contribution >= 0.6 is 11.3 Å². The molecule has 4 heterocycles. The third-order valence-corrected chi connectivity index (χ3v) is 6.09. The van der Waals surface area contributed by atoms with Gasteiger partial charge in [0, 0.05) is 31.9 Å². The molecule has 2 aromatic heterocycles. The predicted octanol–water partition coefficient (Wildman–Crippen LogP) is 2.08. The molecule has 32 heavy (non-hydrogen) atoms. The fourth-order valence-electron chi connectivity index (χ4n) is 3.58. The van der Waals surface area contributed by atoms with Crippen LogP contribution in [-0.4, -0.2) is 78.8 Å². The highest BCUT2D eigenvalue weighted by atomic mass is 32.1. The molecule has 170 valence electrons. The summed E-state index contributed by atoms with van der Waals surface area (Å²) in [4.78, 5) is 34.6. The van der Waals surface area contributed by atoms with E-state index >= 15 is 0 Å². The molecule has 11 heteroatoms. The molecule has 0 aliphatic carbocycles. The fraction of sp³-hybridized carbons (Fsp3) is 0.476. The standard InChI is InChI=1S/C21H26N6O4S/c1-3-22-20(29)26-21-24-16-11-15(13-4-6-27(7-9-30-2)17(28)10-13)18(25-19(16)32-21)23-14-5-8-31-12-14/h4,6,11,14H,3,5,7-10,12H2,1-2H3,(H2,22,24,26,29)/p+1/t14-/m0/s1. The second kappa shape index (κ2) is 10.2. The number of carbonyl (C=O) groups is 2. The summed E-state index contributed by atoms with van der Waals surface area (Å²) in [5.41, 5.74) is 2.36. The number of rotatable bonds is 8. The Morgan fingerprint density at radius 1 is 1.41 bits per heavy atom. The van der Waals surface area contributed by atoms with Crippen molar-refractivity contribution in [3.63, 3.8) is 0 Å². The summed E-state index contributed by atoms with van der Waals surface area (Å²) in [6.07, 6.45) is 4.88. The van der Waals surface area contributed by atoms with Crippen LogP contribution in [0.5, 0.6) is 0 Å². The van der Waals surface area contributed by atoms with Crippen LogP contribution in [0.25, 0.3) is 15.9 Å². The van der Waals surface area contributed by atoms with E-state index in [1.807, 2.05) is 19.1 Å². The molecule has 4 rings (SSSR count). The maximum Gasteiger partial charge on any atom is 0.391 e. The van der Waals surface area contributed by atoms with E-state index in [0.717, 1.165) is 17.6 Å². The van der Waals surface area contributed by atoms with Crippen LogP contribution in [-0.2, 0) is 14.3 Å². The van der Waals surface area contributed by atoms with Gasteiger partial charge in [0.15, 0.2) is 17.9 Å². The molecule has 1 atom stereocenters. The summed E-state index contributed by atoms with van der Waals surface area (Å²) >= 11 is 1.31. The Morgan fingerprint density at radius 3 is 3.00 bits per heavy atom. The Kier molecular flexibility index (Phi) is 7.08. The normalized spacial score (nSPS) is 18.4. The third kappa shape index (κ3) is 5.12. The van der Waals surface area contributed by atoms with Crippen molar-refractivity contribution in [1.29, 1.82) is 0 Å². The van der Waals surface area contributed by atoms with E-state index < -0.39 is 0 Å². The van der Waals surface area contributed by atoms with Gasteiger partial charge in [0.05, 0.1) is 12.6 Å². The van der Waals surface area contributed by atoms with E-state index in [-0.39, 0.29) is 24.4 Å². The number of hydrogen-bond donors (Lipinski definition) is 3. The highest BCUT2D eigenvalue weighted by molar-refractivity contribution is 7.22. The highest BCUT2D eigenvalue weighted by Crippen LogP contribution is 2.34. The van der Waals surface area contributed by atoms with E-state index in [1.54, 1.807) is 17.9 Å². The van der Waals surface area contributed by atoms with Crippen LogP contribution in [0, 0.1) is 0 Å². The van der Waals surface area contributed by atoms with Crippen LogP contribution in [0.1, 0.15) is 25.3 Å². The van der Waals surface area contributed by atoms with Crippen molar-refractivity contribution in [2.75, 3.05) is 50.7 Å². The lowest BCUT2D eigenvalue weighted by Crippen LogP contribution is -2.28. The van der Waals surface area contributed by atoms with Crippen LogP contribution in [0.4, 0.5) is 15.7 Å². The van der Waals surface area contributed by atoms with Gasteiger partial charge in [0.1, 0.15) is 29.2 Å². The summed E-state index contributed by atoms with van der Waals surface area (Å²) in [6, 6.07) is 1.78. The van der Waals surface area contributed by atoms with Crippen molar-refractivity contribution in [3.8, 4) is 0 Å². The van der Waals surface area contributed by atoms with Crippen LogP contribution in [0.2, 0.25) is 0 Å². The van der Waals surface area contributed by atoms with Gasteiger partial charge in [0.2, 0.25) is 0 Å². The molecule has 3 amide bonds. The van der Waals surface area contributed by atoms with Gasteiger partial charge in [-0.2, -0.15) is 4.58 Å². The minimum atomic E-state index is -0.306. The molecule has 2 aliphatic rings. The van der Waals surface area contributed by atoms with E-state index in [1.165, 1.54) is 11.3 Å². The number of nitrogens with zero attached hydrogens (tertiary/aromatic N) is 3. The van der Waals surface area contributed by atoms with Crippen LogP contribution < -0.4 is 16.0 Å². The molecule has 0 radical (unpaired) electrons. The average molecular weight is 460 g/mol. The summed E-state index contributed by atoms with van der Waals surface area (Å²) in [5.74, 6) is 0.700. The van der Waals surface area contributed by atoms with Gasteiger partial charge in [-0.25, -0.2) is 19.6 Å². The number of nitrogens with one attached hydrogen (secondary N) is 3. The second-order valence-corrected chi connectivity index (χ2v) is 8.49. The largest absolute Gasteiger partial charge is 0.391 e. The third-order valence-electron chi connectivity index (χ3n) is 5.21. The maximum absolute atomic E-state index is 12.7. The Bertz CT molecular complexity index is 1070. The van der Waals surface area contributed by atoms with Gasteiger partial charge < -0.3 is 20.1 Å². The molecular formula is C21H27N6O4S+. The zero-order chi connectivity index (χ0) is 22.5. The average Bonchev–Trinajstić information content (AvgIpc) is 3.41. The first-order valence-corrected chi connectivity index (χ1v) is 11.4. The minimum absolute atomic E-state index is 0.00617. The number of urea groups is 1. The van der Waals surface area contributed by atoms with Crippen LogP contribution in [0.3, 0.4) is 0 Å². The van der Waals surface area contributed by atoms with Crippen molar-refractivity contribution in [1.82, 2.24) is 15.3 Å². The number of ether oxygens (including phenoxy) is 2. The van der Waals surface area contributed by atoms with Gasteiger partial charge in [-0.05, 0) is 25.0 Å². The van der Waals surface area contributed by atoms with E-state index in [4.69, 9.17) is 14.5 Å². The topological polar surface area (TPSA) is 117 Å². The first-order chi connectivity index (χ1) is 15.6. The van der Waals surface area contributed by atoms with Crippen molar-refractivity contribution >= 4 is 56.4 Å². The van der Waals surface area contributed by atoms with Crippen molar-refractivity contribution in [2.45, 2.75) is 25.8 Å². The number of allylic oxidation sites excluding steroid dienone is 1. The summed E-state index contributed by atoms with van der Waals surface area (Å²) < 4.78 is 12.2. The molecule has 3 N–H and O–H groups in total. The van der Waals surface area contributed by atoms with Crippen molar-refractivity contribution in [2.24, 2.45) is 0 Å². The predicted molar refractivity (Wildman–Crippen MR) is 124 cm³/mol. The zero-order valence-electron chi connectivity index (χ0n) is 18.1. The number of amides is 3. The summed E-state index contributed by atoms with van der Waals surface area (Å²) in [7, 11) is 1.62. The van der Waals surface area contributed by atoms with Gasteiger partial charge in [-0.1, -0.05) is 11.3 Å².